The minimum absolute atomic E-state index is 0.0358. The summed E-state index contributed by atoms with van der Waals surface area (Å²) in [5.41, 5.74) is 2.22. The van der Waals surface area contributed by atoms with Crippen LogP contribution in [0, 0.1) is 0 Å². The first kappa shape index (κ1) is 26.5. The number of nitrogens with zero attached hydrogens (tertiary/aromatic N) is 1. The first-order valence-electron chi connectivity index (χ1n) is 12.0. The van der Waals surface area contributed by atoms with E-state index >= 15 is 0 Å². The number of amides is 2. The summed E-state index contributed by atoms with van der Waals surface area (Å²) in [6.45, 7) is 6.78. The van der Waals surface area contributed by atoms with Crippen LogP contribution in [0.2, 0.25) is 0 Å². The lowest BCUT2D eigenvalue weighted by molar-refractivity contribution is 0.0523. The molecule has 0 radical (unpaired) electrons. The van der Waals surface area contributed by atoms with Crippen molar-refractivity contribution < 1.29 is 29.3 Å². The number of likely N-dealkylation sites (tertiary alicyclic amines) is 1. The number of benzene rings is 2. The Morgan fingerprint density at radius 1 is 1.11 bits per heavy atom. The Bertz CT molecular complexity index is 995. The van der Waals surface area contributed by atoms with Gasteiger partial charge in [-0.1, -0.05) is 30.3 Å². The van der Waals surface area contributed by atoms with E-state index < -0.39 is 17.8 Å². The maximum absolute atomic E-state index is 13.0. The number of carbonyl (C=O) groups excluding carboxylic acids is 2. The standard InChI is InChI=1S/C27H36N2O6/c1-27(2,3)35-26(33)28-16-19-6-4-7-21(14-19)20-10-12-29(13-11-20)25(32)22-8-5-9-24(15-22)34-18-23(31)17-30/h4-9,14-15,20,23,30-31H,10-13,16-18H2,1-3H3,(H,28,33). The van der Waals surface area contributed by atoms with Crippen LogP contribution in [0.4, 0.5) is 4.79 Å². The molecule has 1 aliphatic rings. The van der Waals surface area contributed by atoms with Crippen molar-refractivity contribution >= 4 is 12.0 Å². The number of aliphatic hydroxyl groups is 2. The van der Waals surface area contributed by atoms with E-state index in [-0.39, 0.29) is 19.1 Å². The second-order valence-corrected chi connectivity index (χ2v) is 9.84. The smallest absolute Gasteiger partial charge is 0.407 e. The first-order valence-corrected chi connectivity index (χ1v) is 12.0. The van der Waals surface area contributed by atoms with Gasteiger partial charge >= 0.3 is 6.09 Å². The summed E-state index contributed by atoms with van der Waals surface area (Å²) in [6.07, 6.45) is 0.315. The second kappa shape index (κ2) is 12.0. The molecule has 3 rings (SSSR count). The van der Waals surface area contributed by atoms with Crippen molar-refractivity contribution in [2.45, 2.75) is 57.8 Å². The molecule has 0 saturated carbocycles. The zero-order valence-corrected chi connectivity index (χ0v) is 20.7. The first-order chi connectivity index (χ1) is 16.6. The van der Waals surface area contributed by atoms with Crippen LogP contribution in [0.15, 0.2) is 48.5 Å². The van der Waals surface area contributed by atoms with Gasteiger partial charge in [-0.2, -0.15) is 0 Å². The molecule has 1 saturated heterocycles. The van der Waals surface area contributed by atoms with Gasteiger partial charge < -0.3 is 29.9 Å². The molecule has 2 aromatic carbocycles. The summed E-state index contributed by atoms with van der Waals surface area (Å²) < 4.78 is 10.8. The highest BCUT2D eigenvalue weighted by molar-refractivity contribution is 5.94. The molecule has 8 nitrogen and oxygen atoms in total. The van der Waals surface area contributed by atoms with Gasteiger partial charge in [-0.3, -0.25) is 4.79 Å². The van der Waals surface area contributed by atoms with Crippen molar-refractivity contribution in [2.75, 3.05) is 26.3 Å². The van der Waals surface area contributed by atoms with Crippen LogP contribution in [0.3, 0.4) is 0 Å². The minimum atomic E-state index is -0.958. The molecule has 1 aliphatic heterocycles. The molecule has 190 valence electrons. The monoisotopic (exact) mass is 484 g/mol. The highest BCUT2D eigenvalue weighted by atomic mass is 16.6. The topological polar surface area (TPSA) is 108 Å². The molecule has 2 amide bonds. The summed E-state index contributed by atoms with van der Waals surface area (Å²) in [6, 6.07) is 15.1. The Labute approximate surface area is 206 Å². The van der Waals surface area contributed by atoms with Gasteiger partial charge in [0.05, 0.1) is 6.61 Å². The average Bonchev–Trinajstić information content (AvgIpc) is 2.85. The van der Waals surface area contributed by atoms with Crippen LogP contribution in [-0.2, 0) is 11.3 Å². The molecule has 1 heterocycles. The highest BCUT2D eigenvalue weighted by Crippen LogP contribution is 2.29. The highest BCUT2D eigenvalue weighted by Gasteiger charge is 2.25. The van der Waals surface area contributed by atoms with Gasteiger partial charge in [0.1, 0.15) is 24.1 Å². The van der Waals surface area contributed by atoms with E-state index in [1.165, 1.54) is 5.56 Å². The quantitative estimate of drug-likeness (QED) is 0.530. The third-order valence-corrected chi connectivity index (χ3v) is 5.77. The summed E-state index contributed by atoms with van der Waals surface area (Å²) in [4.78, 5) is 26.8. The van der Waals surface area contributed by atoms with Crippen LogP contribution in [0.5, 0.6) is 5.75 Å². The number of hydrogen-bond donors (Lipinski definition) is 3. The van der Waals surface area contributed by atoms with Crippen LogP contribution >= 0.6 is 0 Å². The van der Waals surface area contributed by atoms with Crippen molar-refractivity contribution in [3.8, 4) is 5.75 Å². The molecule has 8 heteroatoms. The Kier molecular flexibility index (Phi) is 9.12. The Morgan fingerprint density at radius 3 is 2.51 bits per heavy atom. The van der Waals surface area contributed by atoms with Gasteiger partial charge in [0, 0.05) is 25.2 Å². The summed E-state index contributed by atoms with van der Waals surface area (Å²) >= 11 is 0. The number of alkyl carbamates (subject to hydrolysis) is 1. The molecule has 1 atom stereocenters. The maximum Gasteiger partial charge on any atom is 0.407 e. The van der Waals surface area contributed by atoms with Crippen LogP contribution in [0.25, 0.3) is 0 Å². The number of aliphatic hydroxyl groups excluding tert-OH is 2. The molecule has 0 bridgehead atoms. The summed E-state index contributed by atoms with van der Waals surface area (Å²) in [7, 11) is 0. The molecule has 0 spiro atoms. The molecule has 1 unspecified atom stereocenters. The predicted octanol–water partition coefficient (Wildman–Crippen LogP) is 3.46. The van der Waals surface area contributed by atoms with Gasteiger partial charge in [0.25, 0.3) is 5.91 Å². The summed E-state index contributed by atoms with van der Waals surface area (Å²) in [5, 5.41) is 21.2. The van der Waals surface area contributed by atoms with Crippen molar-refractivity contribution in [3.63, 3.8) is 0 Å². The predicted molar refractivity (Wildman–Crippen MR) is 132 cm³/mol. The van der Waals surface area contributed by atoms with E-state index in [1.807, 2.05) is 37.8 Å². The van der Waals surface area contributed by atoms with Gasteiger partial charge in [0.2, 0.25) is 0 Å². The van der Waals surface area contributed by atoms with Crippen molar-refractivity contribution in [2.24, 2.45) is 0 Å². The molecule has 0 aliphatic carbocycles. The largest absolute Gasteiger partial charge is 0.491 e. The molecular formula is C27H36N2O6. The SMILES string of the molecule is CC(C)(C)OC(=O)NCc1cccc(C2CCN(C(=O)c3cccc(OCC(O)CO)c3)CC2)c1. The second-order valence-electron chi connectivity index (χ2n) is 9.84. The van der Waals surface area contributed by atoms with Gasteiger partial charge in [0.15, 0.2) is 0 Å². The van der Waals surface area contributed by atoms with E-state index in [9.17, 15) is 14.7 Å². The van der Waals surface area contributed by atoms with Crippen molar-refractivity contribution in [3.05, 3.63) is 65.2 Å². The number of rotatable bonds is 8. The maximum atomic E-state index is 13.0. The molecular weight excluding hydrogens is 448 g/mol. The van der Waals surface area contributed by atoms with Gasteiger partial charge in [-0.25, -0.2) is 4.79 Å². The number of piperidine rings is 1. The third kappa shape index (κ3) is 8.26. The molecule has 0 aromatic heterocycles. The molecule has 1 fully saturated rings. The van der Waals surface area contributed by atoms with Crippen LogP contribution < -0.4 is 10.1 Å². The van der Waals surface area contributed by atoms with Gasteiger partial charge in [-0.05, 0) is 68.9 Å². The number of carbonyl (C=O) groups is 2. The van der Waals surface area contributed by atoms with Crippen LogP contribution in [0.1, 0.15) is 61.0 Å². The van der Waals surface area contributed by atoms with Crippen molar-refractivity contribution in [1.29, 1.82) is 0 Å². The number of nitrogens with one attached hydrogen (secondary N) is 1. The Balaban J connectivity index is 1.53. The lowest BCUT2D eigenvalue weighted by Gasteiger charge is -2.32. The average molecular weight is 485 g/mol. The fourth-order valence-electron chi connectivity index (χ4n) is 4.01. The molecule has 2 aromatic rings. The van der Waals surface area contributed by atoms with Crippen molar-refractivity contribution in [1.82, 2.24) is 10.2 Å². The van der Waals surface area contributed by atoms with E-state index in [0.717, 1.165) is 18.4 Å². The Hall–Kier alpha value is -3.10. The molecule has 3 N–H and O–H groups in total. The molecule has 35 heavy (non-hydrogen) atoms. The van der Waals surface area contributed by atoms with E-state index in [0.29, 0.717) is 36.9 Å². The lowest BCUT2D eigenvalue weighted by atomic mass is 9.88. The number of ether oxygens (including phenoxy) is 2. The van der Waals surface area contributed by atoms with E-state index in [2.05, 4.69) is 17.4 Å². The van der Waals surface area contributed by atoms with E-state index in [1.54, 1.807) is 24.3 Å². The Morgan fingerprint density at radius 2 is 1.83 bits per heavy atom. The zero-order chi connectivity index (χ0) is 25.4. The third-order valence-electron chi connectivity index (χ3n) is 5.77. The number of hydrogen-bond acceptors (Lipinski definition) is 6. The van der Waals surface area contributed by atoms with Crippen LogP contribution in [-0.4, -0.2) is 65.1 Å². The van der Waals surface area contributed by atoms with E-state index in [4.69, 9.17) is 14.6 Å². The normalized spacial score (nSPS) is 15.4. The fraction of sp³-hybridized carbons (Fsp3) is 0.481. The zero-order valence-electron chi connectivity index (χ0n) is 20.7. The summed E-state index contributed by atoms with van der Waals surface area (Å²) in [5.74, 6) is 0.775. The fourth-order valence-corrected chi connectivity index (χ4v) is 4.01. The minimum Gasteiger partial charge on any atom is -0.491 e. The van der Waals surface area contributed by atoms with Gasteiger partial charge in [-0.15, -0.1) is 0 Å². The lowest BCUT2D eigenvalue weighted by Crippen LogP contribution is -2.38.